The molecule has 0 aliphatic heterocycles. The minimum atomic E-state index is -2.92. The molecule has 14 heavy (non-hydrogen) atoms. The minimum Gasteiger partial charge on any atom is -0.907 e. The molecule has 0 saturated carbocycles. The molecular formula is C8H25BN2O3. The molecule has 5 nitrogen and oxygen atoms in total. The zero-order valence-corrected chi connectivity index (χ0v) is 10.7. The first-order valence-corrected chi connectivity index (χ1v) is 4.28. The summed E-state index contributed by atoms with van der Waals surface area (Å²) >= 11 is 0. The fourth-order valence-corrected chi connectivity index (χ4v) is 0. The highest BCUT2D eigenvalue weighted by Crippen LogP contribution is 1.74. The summed E-state index contributed by atoms with van der Waals surface area (Å²) in [6.45, 7) is 0. The predicted molar refractivity (Wildman–Crippen MR) is 54.8 cm³/mol. The van der Waals surface area contributed by atoms with E-state index in [9.17, 15) is 0 Å². The van der Waals surface area contributed by atoms with Crippen LogP contribution in [0.2, 0.25) is 0 Å². The van der Waals surface area contributed by atoms with Crippen molar-refractivity contribution in [3.8, 4) is 0 Å². The van der Waals surface area contributed by atoms with E-state index in [2.05, 4.69) is 56.4 Å². The lowest BCUT2D eigenvalue weighted by Gasteiger charge is -2.35. The van der Waals surface area contributed by atoms with Gasteiger partial charge in [-0.05, 0) is 0 Å². The molecule has 88 valence electrons. The second kappa shape index (κ2) is 8.20. The molecule has 0 bridgehead atoms. The van der Waals surface area contributed by atoms with Crippen LogP contribution in [0, 0.1) is 0 Å². The Morgan fingerprint density at radius 3 is 0.643 bits per heavy atom. The Bertz CT molecular complexity index is 97.3. The molecule has 0 rings (SSSR count). The van der Waals surface area contributed by atoms with Gasteiger partial charge in [-0.1, -0.05) is 0 Å². The van der Waals surface area contributed by atoms with Crippen LogP contribution in [0.5, 0.6) is 0 Å². The van der Waals surface area contributed by atoms with Gasteiger partial charge in [-0.15, -0.1) is 0 Å². The van der Waals surface area contributed by atoms with Crippen LogP contribution >= 0.6 is 0 Å². The van der Waals surface area contributed by atoms with Gasteiger partial charge in [0.2, 0.25) is 0 Å². The molecule has 0 aliphatic rings. The van der Waals surface area contributed by atoms with Gasteiger partial charge in [0.1, 0.15) is 0 Å². The fourth-order valence-electron chi connectivity index (χ4n) is 0. The van der Waals surface area contributed by atoms with Crippen molar-refractivity contribution in [1.29, 1.82) is 0 Å². The second-order valence-electron chi connectivity index (χ2n) is 5.66. The molecule has 0 atom stereocenters. The summed E-state index contributed by atoms with van der Waals surface area (Å²) in [6, 6.07) is 0. The highest BCUT2D eigenvalue weighted by atomic mass is 16.5. The lowest BCUT2D eigenvalue weighted by atomic mass is 10.3. The van der Waals surface area contributed by atoms with E-state index in [1.54, 1.807) is 0 Å². The molecule has 0 aromatic carbocycles. The fraction of sp³-hybridized carbons (Fsp3) is 1.00. The number of hydrogen-bond acceptors (Lipinski definition) is 3. The van der Waals surface area contributed by atoms with Gasteiger partial charge in [0.05, 0.1) is 56.4 Å². The molecule has 0 aromatic heterocycles. The van der Waals surface area contributed by atoms with Gasteiger partial charge in [-0.3, -0.25) is 7.32 Å². The average molecular weight is 208 g/mol. The van der Waals surface area contributed by atoms with E-state index in [0.29, 0.717) is 0 Å². The van der Waals surface area contributed by atoms with Crippen LogP contribution in [0.15, 0.2) is 0 Å². The maximum Gasteiger partial charge on any atom is 1.00 e. The summed E-state index contributed by atoms with van der Waals surface area (Å²) in [7, 11) is 14.1. The van der Waals surface area contributed by atoms with Crippen LogP contribution in [0.4, 0.5) is 0 Å². The average Bonchev–Trinajstić information content (AvgIpc) is 1.45. The Hall–Kier alpha value is -0.135. The van der Waals surface area contributed by atoms with Crippen LogP contribution in [0.3, 0.4) is 0 Å². The van der Waals surface area contributed by atoms with E-state index >= 15 is 0 Å². The topological polar surface area (TPSA) is 69.2 Å². The van der Waals surface area contributed by atoms with Crippen molar-refractivity contribution >= 4 is 7.32 Å². The first kappa shape index (κ1) is 19.4. The number of rotatable bonds is 0. The minimum absolute atomic E-state index is 0. The third-order valence-corrected chi connectivity index (χ3v) is 0. The van der Waals surface area contributed by atoms with Crippen LogP contribution in [-0.4, -0.2) is 72.7 Å². The quantitative estimate of drug-likeness (QED) is 0.311. The van der Waals surface area contributed by atoms with Gasteiger partial charge in [-0.25, -0.2) is 0 Å². The second-order valence-corrected chi connectivity index (χ2v) is 5.66. The largest absolute Gasteiger partial charge is 1.00 e. The van der Waals surface area contributed by atoms with Crippen molar-refractivity contribution in [3.63, 3.8) is 0 Å². The molecule has 0 N–H and O–H groups in total. The van der Waals surface area contributed by atoms with Crippen molar-refractivity contribution in [2.75, 3.05) is 56.4 Å². The number of nitrogens with zero attached hydrogens (tertiary/aromatic N) is 2. The summed E-state index contributed by atoms with van der Waals surface area (Å²) in [5.41, 5.74) is 0. The van der Waals surface area contributed by atoms with E-state index in [1.807, 2.05) is 0 Å². The van der Waals surface area contributed by atoms with Crippen molar-refractivity contribution < 1.29 is 25.5 Å². The van der Waals surface area contributed by atoms with Crippen LogP contribution in [0.1, 0.15) is 1.43 Å². The first-order chi connectivity index (χ1) is 5.73. The van der Waals surface area contributed by atoms with E-state index < -0.39 is 7.32 Å². The van der Waals surface area contributed by atoms with Crippen molar-refractivity contribution in [1.82, 2.24) is 0 Å². The Morgan fingerprint density at radius 1 is 0.643 bits per heavy atom. The van der Waals surface area contributed by atoms with Crippen molar-refractivity contribution in [2.24, 2.45) is 0 Å². The molecule has 0 aromatic rings. The Morgan fingerprint density at radius 2 is 0.643 bits per heavy atom. The van der Waals surface area contributed by atoms with Gasteiger partial charge >= 0.3 is 1.43 Å². The van der Waals surface area contributed by atoms with Gasteiger partial charge in [0.25, 0.3) is 0 Å². The maximum absolute atomic E-state index is 8.42. The standard InChI is InChI=1S/2C4H12N.BO3/c2*1-5(2,3)4;2-1(3)4/h2*1-4H3;/q2*+1;-3/p+1. The SMILES string of the molecule is C[N+](C)(C)C.C[N+](C)(C)C.[H+].[O-]B([O-])[O-]. The van der Waals surface area contributed by atoms with Crippen molar-refractivity contribution in [3.05, 3.63) is 0 Å². The smallest absolute Gasteiger partial charge is 0.907 e. The van der Waals surface area contributed by atoms with E-state index in [4.69, 9.17) is 15.1 Å². The molecule has 6 heteroatoms. The molecule has 0 fully saturated rings. The molecular weight excluding hydrogens is 183 g/mol. The molecule has 0 amide bonds. The highest BCUT2D eigenvalue weighted by Gasteiger charge is 1.88. The summed E-state index contributed by atoms with van der Waals surface area (Å²) in [5, 5.41) is 25.2. The molecule has 0 unspecified atom stereocenters. The Kier molecular flexibility index (Phi) is 11.4. The Labute approximate surface area is 90.0 Å². The third-order valence-electron chi connectivity index (χ3n) is 0. The normalized spacial score (nSPS) is 10.5. The Balaban J connectivity index is -0.0000000590. The van der Waals surface area contributed by atoms with E-state index in [1.165, 1.54) is 0 Å². The monoisotopic (exact) mass is 208 g/mol. The van der Waals surface area contributed by atoms with Crippen LogP contribution < -0.4 is 15.1 Å². The summed E-state index contributed by atoms with van der Waals surface area (Å²) in [6.07, 6.45) is 0. The highest BCUT2D eigenvalue weighted by molar-refractivity contribution is 6.24. The zero-order chi connectivity index (χ0) is 12.6. The van der Waals surface area contributed by atoms with Crippen molar-refractivity contribution in [2.45, 2.75) is 0 Å². The van der Waals surface area contributed by atoms with Gasteiger partial charge in [0, 0.05) is 0 Å². The summed E-state index contributed by atoms with van der Waals surface area (Å²) in [4.78, 5) is 0. The lowest BCUT2D eigenvalue weighted by Crippen LogP contribution is -2.56. The molecule has 0 spiro atoms. The van der Waals surface area contributed by atoms with Crippen LogP contribution in [0.25, 0.3) is 0 Å². The maximum atomic E-state index is 8.42. The van der Waals surface area contributed by atoms with Gasteiger partial charge < -0.3 is 24.0 Å². The predicted octanol–water partition coefficient (Wildman–Crippen LogP) is -3.19. The number of hydrogen-bond donors (Lipinski definition) is 0. The van der Waals surface area contributed by atoms with E-state index in [-0.39, 0.29) is 1.43 Å². The van der Waals surface area contributed by atoms with Gasteiger partial charge in [0.15, 0.2) is 0 Å². The third kappa shape index (κ3) is 76800. The summed E-state index contributed by atoms with van der Waals surface area (Å²) < 4.78 is 2.00. The molecule has 0 heterocycles. The van der Waals surface area contributed by atoms with Gasteiger partial charge in [-0.2, -0.15) is 0 Å². The van der Waals surface area contributed by atoms with Crippen LogP contribution in [-0.2, 0) is 0 Å². The zero-order valence-electron chi connectivity index (χ0n) is 11.7. The number of quaternary nitrogens is 2. The molecule has 0 aliphatic carbocycles. The lowest BCUT2D eigenvalue weighted by molar-refractivity contribution is -0.849. The molecule has 0 radical (unpaired) electrons. The van der Waals surface area contributed by atoms with E-state index in [0.717, 1.165) is 8.97 Å². The first-order valence-electron chi connectivity index (χ1n) is 4.28. The summed E-state index contributed by atoms with van der Waals surface area (Å²) in [5.74, 6) is 0. The molecule has 0 saturated heterocycles.